The van der Waals surface area contributed by atoms with Crippen LogP contribution >= 0.6 is 11.3 Å². The molecule has 0 aliphatic carbocycles. The van der Waals surface area contributed by atoms with Crippen LogP contribution in [0.2, 0.25) is 0 Å². The monoisotopic (exact) mass is 295 g/mol. The predicted molar refractivity (Wildman–Crippen MR) is 83.3 cm³/mol. The highest BCUT2D eigenvalue weighted by Crippen LogP contribution is 2.35. The second-order valence-corrected chi connectivity index (χ2v) is 6.26. The number of hydrogen-bond acceptors (Lipinski definition) is 5. The average molecular weight is 295 g/mol. The van der Waals surface area contributed by atoms with Crippen molar-refractivity contribution in [2.45, 2.75) is 6.92 Å². The summed E-state index contributed by atoms with van der Waals surface area (Å²) in [4.78, 5) is 17.8. The number of likely N-dealkylation sites (N-methyl/N-ethyl adjacent to an activating group) is 2. The van der Waals surface area contributed by atoms with Crippen LogP contribution in [-0.4, -0.2) is 59.7 Å². The van der Waals surface area contributed by atoms with E-state index in [0.717, 1.165) is 22.5 Å². The lowest BCUT2D eigenvalue weighted by molar-refractivity contribution is 0.0792. The van der Waals surface area contributed by atoms with E-state index in [0.29, 0.717) is 17.1 Å². The molecular formula is C13H21N5OS. The number of anilines is 1. The van der Waals surface area contributed by atoms with Crippen LogP contribution in [0.25, 0.3) is 10.2 Å². The summed E-state index contributed by atoms with van der Waals surface area (Å²) in [7, 11) is 7.65. The number of rotatable bonds is 4. The van der Waals surface area contributed by atoms with E-state index in [1.54, 1.807) is 16.6 Å². The fraction of sp³-hybridized carbons (Fsp3) is 0.538. The number of carbonyl (C=O) groups is 1. The lowest BCUT2D eigenvalue weighted by Crippen LogP contribution is -2.33. The number of thiophene rings is 1. The number of hydrogen-bond donors (Lipinski definition) is 1. The van der Waals surface area contributed by atoms with Gasteiger partial charge >= 0.3 is 0 Å². The molecule has 2 aromatic rings. The molecule has 0 spiro atoms. The molecule has 0 aliphatic rings. The molecule has 0 bridgehead atoms. The Labute approximate surface area is 122 Å². The zero-order valence-electron chi connectivity index (χ0n) is 12.6. The summed E-state index contributed by atoms with van der Waals surface area (Å²) in [6, 6.07) is 0. The molecule has 0 fully saturated rings. The van der Waals surface area contributed by atoms with E-state index in [1.807, 2.05) is 33.0 Å². The number of aromatic nitrogens is 2. The van der Waals surface area contributed by atoms with Crippen LogP contribution in [0.4, 0.5) is 5.69 Å². The number of fused-ring (bicyclic) bond motifs is 1. The molecule has 110 valence electrons. The van der Waals surface area contributed by atoms with Gasteiger partial charge in [0.25, 0.3) is 5.91 Å². The summed E-state index contributed by atoms with van der Waals surface area (Å²) in [5, 5.41) is 5.24. The maximum absolute atomic E-state index is 12.5. The van der Waals surface area contributed by atoms with Crippen molar-refractivity contribution in [1.29, 1.82) is 0 Å². The Morgan fingerprint density at radius 2 is 2.00 bits per heavy atom. The number of aryl methyl sites for hydroxylation is 2. The second-order valence-electron chi connectivity index (χ2n) is 5.26. The molecule has 7 heteroatoms. The maximum Gasteiger partial charge on any atom is 0.265 e. The van der Waals surface area contributed by atoms with Crippen LogP contribution in [-0.2, 0) is 7.05 Å². The van der Waals surface area contributed by atoms with Gasteiger partial charge in [-0.05, 0) is 21.0 Å². The third-order valence-corrected chi connectivity index (χ3v) is 4.57. The topological polar surface area (TPSA) is 67.4 Å². The molecule has 0 aromatic carbocycles. The van der Waals surface area contributed by atoms with Gasteiger partial charge in [-0.3, -0.25) is 9.48 Å². The van der Waals surface area contributed by atoms with Crippen LogP contribution in [0.5, 0.6) is 0 Å². The minimum atomic E-state index is -0.0232. The first kappa shape index (κ1) is 14.8. The molecule has 0 unspecified atom stereocenters. The zero-order chi connectivity index (χ0) is 15.0. The lowest BCUT2D eigenvalue weighted by atomic mass is 10.2. The third kappa shape index (κ3) is 2.51. The summed E-state index contributed by atoms with van der Waals surface area (Å²) in [5.41, 5.74) is 7.57. The van der Waals surface area contributed by atoms with Crippen LogP contribution in [0, 0.1) is 6.92 Å². The minimum absolute atomic E-state index is 0.0232. The van der Waals surface area contributed by atoms with Crippen molar-refractivity contribution >= 4 is 33.1 Å². The van der Waals surface area contributed by atoms with Gasteiger partial charge in [-0.15, -0.1) is 11.3 Å². The fourth-order valence-corrected chi connectivity index (χ4v) is 3.29. The van der Waals surface area contributed by atoms with E-state index in [1.165, 1.54) is 11.3 Å². The van der Waals surface area contributed by atoms with Crippen molar-refractivity contribution in [3.63, 3.8) is 0 Å². The van der Waals surface area contributed by atoms with E-state index in [4.69, 9.17) is 5.73 Å². The Balaban J connectivity index is 2.31. The molecule has 0 atom stereocenters. The Kier molecular flexibility index (Phi) is 4.01. The molecule has 2 aromatic heterocycles. The average Bonchev–Trinajstić information content (AvgIpc) is 2.85. The minimum Gasteiger partial charge on any atom is -0.397 e. The molecule has 0 saturated heterocycles. The van der Waals surface area contributed by atoms with Crippen molar-refractivity contribution in [3.05, 3.63) is 10.6 Å². The van der Waals surface area contributed by atoms with Crippen LogP contribution in [0.1, 0.15) is 15.4 Å². The SMILES string of the molecule is Cc1nn(C)c2sc(C(=O)N(C)CCN(C)C)c(N)c12. The standard InChI is InChI=1S/C13H21N5OS/c1-8-9-10(14)11(20-13(9)18(5)15-8)12(19)17(4)7-6-16(2)3/h6-7,14H2,1-5H3. The van der Waals surface area contributed by atoms with Crippen LogP contribution in [0.3, 0.4) is 0 Å². The summed E-state index contributed by atoms with van der Waals surface area (Å²) in [5.74, 6) is -0.0232. The van der Waals surface area contributed by atoms with Crippen molar-refractivity contribution in [3.8, 4) is 0 Å². The summed E-state index contributed by atoms with van der Waals surface area (Å²) < 4.78 is 1.78. The molecule has 0 aliphatic heterocycles. The number of nitrogens with two attached hydrogens (primary N) is 1. The predicted octanol–water partition coefficient (Wildman–Crippen LogP) is 1.16. The second kappa shape index (κ2) is 5.41. The zero-order valence-corrected chi connectivity index (χ0v) is 13.4. The normalized spacial score (nSPS) is 11.5. The Morgan fingerprint density at radius 3 is 2.55 bits per heavy atom. The van der Waals surface area contributed by atoms with Gasteiger partial charge in [-0.25, -0.2) is 0 Å². The number of nitrogen functional groups attached to an aromatic ring is 1. The van der Waals surface area contributed by atoms with Crippen molar-refractivity contribution in [2.24, 2.45) is 7.05 Å². The van der Waals surface area contributed by atoms with Crippen LogP contribution in [0.15, 0.2) is 0 Å². The fourth-order valence-electron chi connectivity index (χ4n) is 2.11. The van der Waals surface area contributed by atoms with Gasteiger partial charge < -0.3 is 15.5 Å². The molecule has 0 saturated carbocycles. The largest absolute Gasteiger partial charge is 0.397 e. The van der Waals surface area contributed by atoms with Crippen molar-refractivity contribution < 1.29 is 4.79 Å². The molecular weight excluding hydrogens is 274 g/mol. The van der Waals surface area contributed by atoms with Gasteiger partial charge in [0, 0.05) is 27.2 Å². The van der Waals surface area contributed by atoms with Gasteiger partial charge in [0.2, 0.25) is 0 Å². The molecule has 2 N–H and O–H groups in total. The summed E-state index contributed by atoms with van der Waals surface area (Å²) in [6.45, 7) is 3.42. The van der Waals surface area contributed by atoms with E-state index in [-0.39, 0.29) is 5.91 Å². The first-order valence-electron chi connectivity index (χ1n) is 6.44. The van der Waals surface area contributed by atoms with Gasteiger partial charge in [-0.1, -0.05) is 0 Å². The quantitative estimate of drug-likeness (QED) is 0.919. The van der Waals surface area contributed by atoms with Gasteiger partial charge in [0.1, 0.15) is 9.71 Å². The first-order valence-corrected chi connectivity index (χ1v) is 7.26. The molecule has 1 amide bonds. The number of carbonyl (C=O) groups excluding carboxylic acids is 1. The molecule has 6 nitrogen and oxygen atoms in total. The van der Waals surface area contributed by atoms with Crippen molar-refractivity contribution in [1.82, 2.24) is 19.6 Å². The highest BCUT2D eigenvalue weighted by Gasteiger charge is 2.23. The molecule has 2 rings (SSSR count). The highest BCUT2D eigenvalue weighted by molar-refractivity contribution is 7.21. The number of amides is 1. The first-order chi connectivity index (χ1) is 9.32. The Hall–Kier alpha value is -1.60. The van der Waals surface area contributed by atoms with Gasteiger partial charge in [0.05, 0.1) is 16.8 Å². The van der Waals surface area contributed by atoms with Gasteiger partial charge in [0.15, 0.2) is 0 Å². The Morgan fingerprint density at radius 1 is 1.35 bits per heavy atom. The summed E-state index contributed by atoms with van der Waals surface area (Å²) >= 11 is 1.41. The van der Waals surface area contributed by atoms with Crippen LogP contribution < -0.4 is 5.73 Å². The molecule has 2 heterocycles. The van der Waals surface area contributed by atoms with E-state index in [9.17, 15) is 4.79 Å². The van der Waals surface area contributed by atoms with E-state index in [2.05, 4.69) is 5.10 Å². The van der Waals surface area contributed by atoms with E-state index < -0.39 is 0 Å². The molecule has 20 heavy (non-hydrogen) atoms. The van der Waals surface area contributed by atoms with Crippen molar-refractivity contribution in [2.75, 3.05) is 40.0 Å². The molecule has 0 radical (unpaired) electrons. The van der Waals surface area contributed by atoms with Gasteiger partial charge in [-0.2, -0.15) is 5.10 Å². The third-order valence-electron chi connectivity index (χ3n) is 3.31. The summed E-state index contributed by atoms with van der Waals surface area (Å²) in [6.07, 6.45) is 0. The maximum atomic E-state index is 12.5. The highest BCUT2D eigenvalue weighted by atomic mass is 32.1. The number of nitrogens with zero attached hydrogens (tertiary/aromatic N) is 4. The van der Waals surface area contributed by atoms with E-state index >= 15 is 0 Å². The smallest absolute Gasteiger partial charge is 0.265 e. The Bertz CT molecular complexity index is 643. The lowest BCUT2D eigenvalue weighted by Gasteiger charge is -2.19.